The summed E-state index contributed by atoms with van der Waals surface area (Å²) < 4.78 is 14.7. The van der Waals surface area contributed by atoms with Crippen LogP contribution in [0.1, 0.15) is 56.7 Å². The number of nitrogens with one attached hydrogen (secondary N) is 2. The van der Waals surface area contributed by atoms with Gasteiger partial charge in [0.1, 0.15) is 5.83 Å². The van der Waals surface area contributed by atoms with Gasteiger partial charge < -0.3 is 10.6 Å². The zero-order valence-electron chi connectivity index (χ0n) is 24.0. The Bertz CT molecular complexity index is 1230. The van der Waals surface area contributed by atoms with Crippen LogP contribution in [0.4, 0.5) is 10.1 Å². The van der Waals surface area contributed by atoms with E-state index >= 15 is 0 Å². The van der Waals surface area contributed by atoms with Crippen LogP contribution in [0, 0.1) is 18.8 Å². The van der Waals surface area contributed by atoms with Gasteiger partial charge in [-0.05, 0) is 136 Å². The van der Waals surface area contributed by atoms with Crippen molar-refractivity contribution in [3.8, 4) is 0 Å². The van der Waals surface area contributed by atoms with Gasteiger partial charge in [0.25, 0.3) is 0 Å². The Hall–Kier alpha value is -3.17. The first-order chi connectivity index (χ1) is 18.2. The van der Waals surface area contributed by atoms with E-state index in [0.717, 1.165) is 53.9 Å². The number of hydrogen-bond donors (Lipinski definition) is 2. The summed E-state index contributed by atoms with van der Waals surface area (Å²) in [7, 11) is 2.00. The standard InChI is InChI=1S/C35H45FN2/c1-9-12-13-33(36)26(7)29-16-17-30-18-24(5)34(21-31(30)20-29)38-35(19-23(4)27(10-2)11-3)32(22-37-8)25(6)28-14-15-28/h9-13,18-19,21,28-29,37-38H,1-2,4,14-17,20,22H2,3,5-8H3/b13-12-,27-11+,32-25+,33-26-,35-19+. The molecule has 0 saturated heterocycles. The molecule has 202 valence electrons. The molecule has 2 aliphatic carbocycles. The Kier molecular flexibility index (Phi) is 10.5. The van der Waals surface area contributed by atoms with Crippen molar-refractivity contribution in [1.82, 2.24) is 5.32 Å². The van der Waals surface area contributed by atoms with Crippen molar-refractivity contribution in [2.45, 2.75) is 59.8 Å². The van der Waals surface area contributed by atoms with Crippen molar-refractivity contribution in [3.05, 3.63) is 124 Å². The van der Waals surface area contributed by atoms with E-state index in [1.807, 2.05) is 33.0 Å². The van der Waals surface area contributed by atoms with Gasteiger partial charge in [-0.15, -0.1) is 0 Å². The Labute approximate surface area is 230 Å². The molecule has 0 aliphatic heterocycles. The molecule has 1 fully saturated rings. The van der Waals surface area contributed by atoms with Crippen LogP contribution in [0.15, 0.2) is 108 Å². The van der Waals surface area contributed by atoms with Gasteiger partial charge in [-0.2, -0.15) is 0 Å². The number of aryl methyl sites for hydroxylation is 2. The van der Waals surface area contributed by atoms with E-state index in [2.05, 4.69) is 62.4 Å². The number of rotatable bonds is 12. The summed E-state index contributed by atoms with van der Waals surface area (Å²) in [5.41, 5.74) is 11.6. The quantitative estimate of drug-likeness (QED) is 0.273. The molecule has 0 heterocycles. The maximum Gasteiger partial charge on any atom is 0.122 e. The highest BCUT2D eigenvalue weighted by Gasteiger charge is 2.27. The van der Waals surface area contributed by atoms with E-state index in [1.54, 1.807) is 12.2 Å². The normalized spacial score (nSPS) is 19.5. The third-order valence-electron chi connectivity index (χ3n) is 7.98. The first kappa shape index (κ1) is 29.4. The Morgan fingerprint density at radius 3 is 2.42 bits per heavy atom. The Morgan fingerprint density at radius 1 is 1.08 bits per heavy atom. The first-order valence-corrected chi connectivity index (χ1v) is 13.8. The van der Waals surface area contributed by atoms with Gasteiger partial charge in [0.15, 0.2) is 0 Å². The summed E-state index contributed by atoms with van der Waals surface area (Å²) in [4.78, 5) is 0. The van der Waals surface area contributed by atoms with Crippen LogP contribution < -0.4 is 10.6 Å². The Morgan fingerprint density at radius 2 is 1.82 bits per heavy atom. The van der Waals surface area contributed by atoms with Crippen LogP contribution in [0.5, 0.6) is 0 Å². The van der Waals surface area contributed by atoms with Crippen LogP contribution in [0.2, 0.25) is 0 Å². The van der Waals surface area contributed by atoms with Gasteiger partial charge >= 0.3 is 0 Å². The summed E-state index contributed by atoms with van der Waals surface area (Å²) in [5.74, 6) is 0.707. The molecule has 0 aromatic heterocycles. The lowest BCUT2D eigenvalue weighted by molar-refractivity contribution is 0.502. The van der Waals surface area contributed by atoms with Gasteiger partial charge in [-0.1, -0.05) is 55.7 Å². The van der Waals surface area contributed by atoms with Crippen LogP contribution in [0.3, 0.4) is 0 Å². The Balaban J connectivity index is 2.01. The smallest absolute Gasteiger partial charge is 0.122 e. The van der Waals surface area contributed by atoms with E-state index in [4.69, 9.17) is 0 Å². The van der Waals surface area contributed by atoms with Crippen LogP contribution in [-0.4, -0.2) is 13.6 Å². The molecule has 1 unspecified atom stereocenters. The minimum Gasteiger partial charge on any atom is -0.355 e. The van der Waals surface area contributed by atoms with Gasteiger partial charge in [0.2, 0.25) is 0 Å². The maximum absolute atomic E-state index is 14.7. The summed E-state index contributed by atoms with van der Waals surface area (Å²) >= 11 is 0. The minimum atomic E-state index is -0.146. The second-order valence-corrected chi connectivity index (χ2v) is 10.6. The summed E-state index contributed by atoms with van der Waals surface area (Å²) in [6.07, 6.45) is 16.1. The zero-order chi connectivity index (χ0) is 27.8. The van der Waals surface area contributed by atoms with E-state index in [-0.39, 0.29) is 11.7 Å². The fourth-order valence-electron chi connectivity index (χ4n) is 5.34. The highest BCUT2D eigenvalue weighted by Crippen LogP contribution is 2.40. The first-order valence-electron chi connectivity index (χ1n) is 13.8. The number of allylic oxidation sites excluding steroid dienone is 11. The van der Waals surface area contributed by atoms with Crippen LogP contribution >= 0.6 is 0 Å². The molecule has 0 spiro atoms. The molecule has 1 aromatic rings. The largest absolute Gasteiger partial charge is 0.355 e. The average molecular weight is 513 g/mol. The molecule has 2 N–H and O–H groups in total. The number of anilines is 1. The molecule has 38 heavy (non-hydrogen) atoms. The van der Waals surface area contributed by atoms with Gasteiger partial charge in [-0.3, -0.25) is 0 Å². The molecule has 3 rings (SSSR count). The molecule has 0 radical (unpaired) electrons. The van der Waals surface area contributed by atoms with Crippen LogP contribution in [-0.2, 0) is 12.8 Å². The average Bonchev–Trinajstić information content (AvgIpc) is 3.76. The third-order valence-corrected chi connectivity index (χ3v) is 7.98. The fraction of sp³-hybridized carbons (Fsp3) is 0.371. The molecule has 2 aliphatic rings. The number of hydrogen-bond acceptors (Lipinski definition) is 2. The van der Waals surface area contributed by atoms with Gasteiger partial charge in [0.05, 0.1) is 0 Å². The monoisotopic (exact) mass is 512 g/mol. The summed E-state index contributed by atoms with van der Waals surface area (Å²) in [5, 5.41) is 7.19. The summed E-state index contributed by atoms with van der Waals surface area (Å²) in [6.45, 7) is 21.1. The SMILES string of the molecule is C=C/C=C\C(F)=C(/C)C1CCc2cc(C)c(NC(=C/C(=C)/C(C=C)=C/C)/C(CNC)=C(\C)C3CC3)cc2C1. The molecule has 0 bridgehead atoms. The number of halogens is 1. The molecule has 1 aromatic carbocycles. The topological polar surface area (TPSA) is 24.1 Å². The van der Waals surface area contributed by atoms with Crippen molar-refractivity contribution < 1.29 is 4.39 Å². The van der Waals surface area contributed by atoms with E-state index in [0.29, 0.717) is 5.92 Å². The zero-order valence-corrected chi connectivity index (χ0v) is 24.0. The predicted octanol–water partition coefficient (Wildman–Crippen LogP) is 9.02. The molecule has 2 nitrogen and oxygen atoms in total. The lowest BCUT2D eigenvalue weighted by Crippen LogP contribution is -2.19. The van der Waals surface area contributed by atoms with Crippen LogP contribution in [0.25, 0.3) is 0 Å². The van der Waals surface area contributed by atoms with Crippen molar-refractivity contribution in [3.63, 3.8) is 0 Å². The fourth-order valence-corrected chi connectivity index (χ4v) is 5.34. The minimum absolute atomic E-state index is 0.146. The van der Waals surface area contributed by atoms with Crippen molar-refractivity contribution in [2.24, 2.45) is 11.8 Å². The summed E-state index contributed by atoms with van der Waals surface area (Å²) in [6, 6.07) is 4.59. The second-order valence-electron chi connectivity index (χ2n) is 10.6. The molecular formula is C35H45FN2. The molecule has 3 heteroatoms. The van der Waals surface area contributed by atoms with E-state index in [9.17, 15) is 4.39 Å². The van der Waals surface area contributed by atoms with E-state index in [1.165, 1.54) is 46.8 Å². The number of fused-ring (bicyclic) bond motifs is 1. The maximum atomic E-state index is 14.7. The molecule has 1 saturated carbocycles. The lowest BCUT2D eigenvalue weighted by atomic mass is 9.79. The number of benzene rings is 1. The van der Waals surface area contributed by atoms with Gasteiger partial charge in [-0.25, -0.2) is 4.39 Å². The van der Waals surface area contributed by atoms with Gasteiger partial charge in [0, 0.05) is 17.9 Å². The van der Waals surface area contributed by atoms with Crippen molar-refractivity contribution in [1.29, 1.82) is 0 Å². The van der Waals surface area contributed by atoms with Crippen molar-refractivity contribution in [2.75, 3.05) is 18.9 Å². The predicted molar refractivity (Wildman–Crippen MR) is 164 cm³/mol. The molecular weight excluding hydrogens is 467 g/mol. The molecule has 1 atom stereocenters. The lowest BCUT2D eigenvalue weighted by Gasteiger charge is -2.28. The van der Waals surface area contributed by atoms with Crippen molar-refractivity contribution >= 4 is 5.69 Å². The number of likely N-dealkylation sites (N-methyl/N-ethyl adjacent to an activating group) is 1. The third kappa shape index (κ3) is 7.23. The highest BCUT2D eigenvalue weighted by molar-refractivity contribution is 5.64. The van der Waals surface area contributed by atoms with E-state index < -0.39 is 0 Å². The molecule has 0 amide bonds. The second kappa shape index (κ2) is 13.6. The highest BCUT2D eigenvalue weighted by atomic mass is 19.1.